The van der Waals surface area contributed by atoms with Gasteiger partial charge in [-0.2, -0.15) is 0 Å². The molecule has 0 amide bonds. The molecule has 0 atom stereocenters. The van der Waals surface area contributed by atoms with E-state index in [1.54, 1.807) is 0 Å². The fourth-order valence-electron chi connectivity index (χ4n) is 1.10. The quantitative estimate of drug-likeness (QED) is 0.339. The van der Waals surface area contributed by atoms with Crippen molar-refractivity contribution in [3.05, 3.63) is 0 Å². The normalized spacial score (nSPS) is 9.94. The number of hydrogen-bond donors (Lipinski definition) is 0. The number of ether oxygens (including phenoxy) is 3. The van der Waals surface area contributed by atoms with Crippen molar-refractivity contribution < 1.29 is 19.0 Å². The highest BCUT2D eigenvalue weighted by atomic mass is 16.7. The highest BCUT2D eigenvalue weighted by molar-refractivity contribution is 5.50. The highest BCUT2D eigenvalue weighted by Crippen LogP contribution is 1.92. The van der Waals surface area contributed by atoms with Crippen molar-refractivity contribution >= 4 is 6.29 Å². The van der Waals surface area contributed by atoms with Crippen LogP contribution in [0.5, 0.6) is 0 Å². The molecule has 0 saturated carbocycles. The van der Waals surface area contributed by atoms with Crippen molar-refractivity contribution in [2.24, 2.45) is 0 Å². The maximum Gasteiger partial charge on any atom is 0.154 e. The van der Waals surface area contributed by atoms with Crippen molar-refractivity contribution in [3.63, 3.8) is 0 Å². The van der Waals surface area contributed by atoms with Crippen molar-refractivity contribution in [1.82, 2.24) is 0 Å². The van der Waals surface area contributed by atoms with Crippen LogP contribution in [-0.4, -0.2) is 39.0 Å². The smallest absolute Gasteiger partial charge is 0.154 e. The number of carbonyl (C=O) groups excluding carboxylic acids is 1. The minimum Gasteiger partial charge on any atom is -0.374 e. The summed E-state index contributed by atoms with van der Waals surface area (Å²) in [6.45, 7) is 10.4. The van der Waals surface area contributed by atoms with Crippen molar-refractivity contribution in [2.75, 3.05) is 26.4 Å². The van der Waals surface area contributed by atoms with Crippen LogP contribution in [0.15, 0.2) is 0 Å². The lowest BCUT2D eigenvalue weighted by molar-refractivity contribution is -0.123. The first-order valence-corrected chi connectivity index (χ1v) is 6.47. The van der Waals surface area contributed by atoms with Crippen LogP contribution in [0.2, 0.25) is 0 Å². The van der Waals surface area contributed by atoms with Gasteiger partial charge in [0.25, 0.3) is 0 Å². The topological polar surface area (TPSA) is 44.8 Å². The van der Waals surface area contributed by atoms with E-state index >= 15 is 0 Å². The number of hydrogen-bond acceptors (Lipinski definition) is 4. The minimum atomic E-state index is -0.0370. The summed E-state index contributed by atoms with van der Waals surface area (Å²) in [5.74, 6) is 0. The largest absolute Gasteiger partial charge is 0.374 e. The predicted molar refractivity (Wildman–Crippen MR) is 69.1 cm³/mol. The van der Waals surface area contributed by atoms with E-state index in [-0.39, 0.29) is 12.9 Å². The molecule has 0 bridgehead atoms. The van der Waals surface area contributed by atoms with E-state index in [4.69, 9.17) is 14.2 Å². The summed E-state index contributed by atoms with van der Waals surface area (Å²) < 4.78 is 15.0. The Hall–Kier alpha value is -0.450. The van der Waals surface area contributed by atoms with Gasteiger partial charge in [0.1, 0.15) is 12.9 Å². The van der Waals surface area contributed by atoms with Crippen LogP contribution in [0.3, 0.4) is 0 Å². The second kappa shape index (κ2) is 17.9. The molecule has 0 fully saturated rings. The molecule has 0 aromatic carbocycles. The fraction of sp³-hybridized carbons (Fsp3) is 0.923. The molecule has 0 aliphatic carbocycles. The monoisotopic (exact) mass is 248 g/mol. The van der Waals surface area contributed by atoms with Crippen LogP contribution in [0.1, 0.15) is 47.0 Å². The molecule has 4 heteroatoms. The Morgan fingerprint density at radius 1 is 1.06 bits per heavy atom. The van der Waals surface area contributed by atoms with Gasteiger partial charge in [0.05, 0.1) is 0 Å². The van der Waals surface area contributed by atoms with Gasteiger partial charge >= 0.3 is 0 Å². The number of carbonyl (C=O) groups is 1. The van der Waals surface area contributed by atoms with Crippen molar-refractivity contribution in [2.45, 2.75) is 53.2 Å². The summed E-state index contributed by atoms with van der Waals surface area (Å²) in [6.07, 6.45) is 4.21. The summed E-state index contributed by atoms with van der Waals surface area (Å²) in [4.78, 5) is 9.71. The van der Waals surface area contributed by atoms with Gasteiger partial charge in [-0.05, 0) is 27.2 Å². The van der Waals surface area contributed by atoms with E-state index < -0.39 is 0 Å². The van der Waals surface area contributed by atoms with Gasteiger partial charge in [-0.15, -0.1) is 0 Å². The van der Waals surface area contributed by atoms with E-state index in [0.29, 0.717) is 0 Å². The molecule has 0 saturated heterocycles. The lowest BCUT2D eigenvalue weighted by Crippen LogP contribution is -2.11. The molecule has 0 unspecified atom stereocenters. The second-order valence-electron chi connectivity index (χ2n) is 3.43. The summed E-state index contributed by atoms with van der Waals surface area (Å²) in [6, 6.07) is 0. The molecule has 0 rings (SSSR count). The fourth-order valence-corrected chi connectivity index (χ4v) is 1.10. The van der Waals surface area contributed by atoms with Gasteiger partial charge < -0.3 is 19.0 Å². The van der Waals surface area contributed by atoms with E-state index in [2.05, 4.69) is 6.92 Å². The van der Waals surface area contributed by atoms with Gasteiger partial charge in [0, 0.05) is 19.8 Å². The molecule has 0 spiro atoms. The molecule has 0 aromatic rings. The van der Waals surface area contributed by atoms with Gasteiger partial charge in [0.2, 0.25) is 0 Å². The van der Waals surface area contributed by atoms with Crippen molar-refractivity contribution in [3.8, 4) is 0 Å². The molecular weight excluding hydrogens is 220 g/mol. The Labute approximate surface area is 106 Å². The Kier molecular flexibility index (Phi) is 19.9. The van der Waals surface area contributed by atoms with E-state index in [1.807, 2.05) is 20.8 Å². The SMILES string of the molecule is CCCCCOCC=O.CCOC(C)OCC. The average molecular weight is 248 g/mol. The zero-order valence-electron chi connectivity index (χ0n) is 11.7. The predicted octanol–water partition coefficient (Wildman–Crippen LogP) is 2.80. The summed E-state index contributed by atoms with van der Waals surface area (Å²) in [5, 5.41) is 0. The standard InChI is InChI=1S/C7H14O2.C6H14O2/c1-2-3-4-6-9-7-5-8;1-4-7-6(3)8-5-2/h5H,2-4,6-7H2,1H3;6H,4-5H2,1-3H3. The lowest BCUT2D eigenvalue weighted by atomic mass is 10.3. The van der Waals surface area contributed by atoms with E-state index in [9.17, 15) is 4.79 Å². The first kappa shape index (κ1) is 18.9. The number of rotatable bonds is 10. The molecule has 0 N–H and O–H groups in total. The molecule has 0 heterocycles. The van der Waals surface area contributed by atoms with Gasteiger partial charge in [-0.1, -0.05) is 19.8 Å². The highest BCUT2D eigenvalue weighted by Gasteiger charge is 1.94. The van der Waals surface area contributed by atoms with Gasteiger partial charge in [0.15, 0.2) is 6.29 Å². The lowest BCUT2D eigenvalue weighted by Gasteiger charge is -2.09. The third-order valence-electron chi connectivity index (χ3n) is 1.88. The molecule has 0 radical (unpaired) electrons. The van der Waals surface area contributed by atoms with Crippen LogP contribution in [-0.2, 0) is 19.0 Å². The van der Waals surface area contributed by atoms with E-state index in [0.717, 1.165) is 32.5 Å². The first-order chi connectivity index (χ1) is 8.22. The van der Waals surface area contributed by atoms with Crippen molar-refractivity contribution in [1.29, 1.82) is 0 Å². The number of unbranched alkanes of at least 4 members (excludes halogenated alkanes) is 2. The maximum atomic E-state index is 9.71. The van der Waals surface area contributed by atoms with E-state index in [1.165, 1.54) is 12.8 Å². The zero-order chi connectivity index (χ0) is 13.4. The third kappa shape index (κ3) is 21.4. The molecular formula is C13H28O4. The van der Waals surface area contributed by atoms with Crippen LogP contribution in [0.25, 0.3) is 0 Å². The molecule has 0 aromatic heterocycles. The van der Waals surface area contributed by atoms with Crippen LogP contribution >= 0.6 is 0 Å². The Morgan fingerprint density at radius 3 is 2.06 bits per heavy atom. The summed E-state index contributed by atoms with van der Waals surface area (Å²) in [5.41, 5.74) is 0. The van der Waals surface area contributed by atoms with Crippen LogP contribution < -0.4 is 0 Å². The average Bonchev–Trinajstić information content (AvgIpc) is 2.31. The Balaban J connectivity index is 0. The van der Waals surface area contributed by atoms with Crippen LogP contribution in [0.4, 0.5) is 0 Å². The number of aldehydes is 1. The molecule has 0 aliphatic rings. The molecule has 0 aliphatic heterocycles. The molecule has 17 heavy (non-hydrogen) atoms. The Morgan fingerprint density at radius 2 is 1.65 bits per heavy atom. The minimum absolute atomic E-state index is 0.0370. The first-order valence-electron chi connectivity index (χ1n) is 6.47. The summed E-state index contributed by atoms with van der Waals surface area (Å²) in [7, 11) is 0. The van der Waals surface area contributed by atoms with Gasteiger partial charge in [-0.3, -0.25) is 0 Å². The Bertz CT molecular complexity index is 133. The molecule has 104 valence electrons. The zero-order valence-corrected chi connectivity index (χ0v) is 11.7. The third-order valence-corrected chi connectivity index (χ3v) is 1.88. The van der Waals surface area contributed by atoms with Crippen LogP contribution in [0, 0.1) is 0 Å². The maximum absolute atomic E-state index is 9.71. The summed E-state index contributed by atoms with van der Waals surface area (Å²) >= 11 is 0. The molecule has 4 nitrogen and oxygen atoms in total. The second-order valence-corrected chi connectivity index (χ2v) is 3.43. The van der Waals surface area contributed by atoms with Gasteiger partial charge in [-0.25, -0.2) is 0 Å².